The standard InChI is InChI=1S/C15H35N5O2S/c1-7-23(21,22)19-10-8-9-17-15(16-6)18-11-12-20(13(2)3)14(4)5/h13-14,19H,7-12H2,1-6H3,(H2,16,17,18). The fourth-order valence-corrected chi connectivity index (χ4v) is 2.92. The number of nitrogens with one attached hydrogen (secondary N) is 3. The number of aliphatic imine (C=N–C) groups is 1. The van der Waals surface area contributed by atoms with Gasteiger partial charge in [-0.2, -0.15) is 0 Å². The first-order chi connectivity index (χ1) is 10.7. The predicted molar refractivity (Wildman–Crippen MR) is 98.4 cm³/mol. The van der Waals surface area contributed by atoms with E-state index >= 15 is 0 Å². The minimum atomic E-state index is -3.10. The van der Waals surface area contributed by atoms with Gasteiger partial charge in [0.25, 0.3) is 0 Å². The van der Waals surface area contributed by atoms with Crippen molar-refractivity contribution in [3.63, 3.8) is 0 Å². The Balaban J connectivity index is 3.96. The molecule has 0 unspecified atom stereocenters. The van der Waals surface area contributed by atoms with E-state index in [-0.39, 0.29) is 5.75 Å². The van der Waals surface area contributed by atoms with Crippen LogP contribution < -0.4 is 15.4 Å². The third-order valence-electron chi connectivity index (χ3n) is 3.56. The zero-order chi connectivity index (χ0) is 17.9. The lowest BCUT2D eigenvalue weighted by Gasteiger charge is -2.30. The van der Waals surface area contributed by atoms with Crippen molar-refractivity contribution in [2.24, 2.45) is 4.99 Å². The lowest BCUT2D eigenvalue weighted by Crippen LogP contribution is -2.45. The van der Waals surface area contributed by atoms with Crippen LogP contribution in [0.2, 0.25) is 0 Å². The van der Waals surface area contributed by atoms with Gasteiger partial charge in [0.2, 0.25) is 10.0 Å². The number of hydrogen-bond donors (Lipinski definition) is 3. The van der Waals surface area contributed by atoms with E-state index in [2.05, 4.69) is 52.9 Å². The van der Waals surface area contributed by atoms with E-state index in [0.717, 1.165) is 19.0 Å². The maximum atomic E-state index is 11.3. The largest absolute Gasteiger partial charge is 0.356 e. The van der Waals surface area contributed by atoms with Crippen LogP contribution in [-0.4, -0.2) is 70.3 Å². The van der Waals surface area contributed by atoms with Gasteiger partial charge in [-0.25, -0.2) is 13.1 Å². The smallest absolute Gasteiger partial charge is 0.211 e. The highest BCUT2D eigenvalue weighted by molar-refractivity contribution is 7.89. The molecular formula is C15H35N5O2S. The first kappa shape index (κ1) is 22.1. The molecule has 0 heterocycles. The quantitative estimate of drug-likeness (QED) is 0.289. The molecule has 8 heteroatoms. The second-order valence-corrected chi connectivity index (χ2v) is 8.10. The minimum absolute atomic E-state index is 0.117. The van der Waals surface area contributed by atoms with Gasteiger partial charge >= 0.3 is 0 Å². The van der Waals surface area contributed by atoms with Crippen LogP contribution in [-0.2, 0) is 10.0 Å². The average molecular weight is 350 g/mol. The molecule has 0 saturated carbocycles. The normalized spacial score (nSPS) is 13.2. The molecule has 3 N–H and O–H groups in total. The van der Waals surface area contributed by atoms with Crippen LogP contribution in [0.15, 0.2) is 4.99 Å². The van der Waals surface area contributed by atoms with Gasteiger partial charge in [0.1, 0.15) is 0 Å². The Kier molecular flexibility index (Phi) is 11.2. The summed E-state index contributed by atoms with van der Waals surface area (Å²) < 4.78 is 25.1. The summed E-state index contributed by atoms with van der Waals surface area (Å²) in [6.07, 6.45) is 0.712. The molecule has 0 aromatic rings. The van der Waals surface area contributed by atoms with E-state index in [9.17, 15) is 8.42 Å². The Morgan fingerprint density at radius 1 is 1.04 bits per heavy atom. The molecule has 0 aliphatic heterocycles. The van der Waals surface area contributed by atoms with Crippen molar-refractivity contribution in [3.8, 4) is 0 Å². The zero-order valence-electron chi connectivity index (χ0n) is 15.5. The Labute approximate surface area is 142 Å². The van der Waals surface area contributed by atoms with E-state index in [1.54, 1.807) is 14.0 Å². The molecule has 0 fully saturated rings. The molecule has 0 amide bonds. The SMILES string of the molecule is CCS(=O)(=O)NCCCNC(=NC)NCCN(C(C)C)C(C)C. The van der Waals surface area contributed by atoms with Gasteiger partial charge in [0.15, 0.2) is 5.96 Å². The van der Waals surface area contributed by atoms with Gasteiger partial charge in [-0.05, 0) is 41.0 Å². The van der Waals surface area contributed by atoms with Crippen LogP contribution in [0.4, 0.5) is 0 Å². The highest BCUT2D eigenvalue weighted by Gasteiger charge is 2.12. The lowest BCUT2D eigenvalue weighted by atomic mass is 10.2. The number of sulfonamides is 1. The third kappa shape index (κ3) is 10.5. The fraction of sp³-hybridized carbons (Fsp3) is 0.933. The van der Waals surface area contributed by atoms with E-state index in [4.69, 9.17) is 0 Å². The van der Waals surface area contributed by atoms with Gasteiger partial charge in [-0.15, -0.1) is 0 Å². The summed E-state index contributed by atoms with van der Waals surface area (Å²) in [5.74, 6) is 0.863. The second-order valence-electron chi connectivity index (χ2n) is 6.00. The van der Waals surface area contributed by atoms with Crippen LogP contribution in [0.5, 0.6) is 0 Å². The molecule has 23 heavy (non-hydrogen) atoms. The first-order valence-corrected chi connectivity index (χ1v) is 10.1. The van der Waals surface area contributed by atoms with Gasteiger partial charge in [0, 0.05) is 45.3 Å². The third-order valence-corrected chi connectivity index (χ3v) is 4.96. The Morgan fingerprint density at radius 3 is 2.09 bits per heavy atom. The second kappa shape index (κ2) is 11.6. The van der Waals surface area contributed by atoms with Crippen LogP contribution in [0, 0.1) is 0 Å². The lowest BCUT2D eigenvalue weighted by molar-refractivity contribution is 0.178. The fourth-order valence-electron chi connectivity index (χ4n) is 2.26. The summed E-state index contributed by atoms with van der Waals surface area (Å²) >= 11 is 0. The van der Waals surface area contributed by atoms with Crippen molar-refractivity contribution in [1.82, 2.24) is 20.3 Å². The molecule has 7 nitrogen and oxygen atoms in total. The van der Waals surface area contributed by atoms with Gasteiger partial charge in [-0.3, -0.25) is 9.89 Å². The van der Waals surface area contributed by atoms with Crippen molar-refractivity contribution in [3.05, 3.63) is 0 Å². The van der Waals surface area contributed by atoms with Gasteiger partial charge in [0.05, 0.1) is 5.75 Å². The number of hydrogen-bond acceptors (Lipinski definition) is 4. The van der Waals surface area contributed by atoms with Gasteiger partial charge < -0.3 is 10.6 Å². The molecule has 0 rings (SSSR count). The summed E-state index contributed by atoms with van der Waals surface area (Å²) in [7, 11) is -1.36. The van der Waals surface area contributed by atoms with Crippen molar-refractivity contribution in [2.45, 2.75) is 53.1 Å². The minimum Gasteiger partial charge on any atom is -0.356 e. The molecule has 0 aromatic carbocycles. The molecule has 0 radical (unpaired) electrons. The summed E-state index contributed by atoms with van der Waals surface area (Å²) in [6.45, 7) is 13.3. The van der Waals surface area contributed by atoms with Gasteiger partial charge in [-0.1, -0.05) is 0 Å². The van der Waals surface area contributed by atoms with Crippen LogP contribution in [0.3, 0.4) is 0 Å². The summed E-state index contributed by atoms with van der Waals surface area (Å²) in [4.78, 5) is 6.59. The van der Waals surface area contributed by atoms with E-state index in [1.165, 1.54) is 0 Å². The molecular weight excluding hydrogens is 314 g/mol. The van der Waals surface area contributed by atoms with E-state index < -0.39 is 10.0 Å². The van der Waals surface area contributed by atoms with Crippen molar-refractivity contribution in [1.29, 1.82) is 0 Å². The monoisotopic (exact) mass is 349 g/mol. The maximum absolute atomic E-state index is 11.3. The molecule has 138 valence electrons. The summed E-state index contributed by atoms with van der Waals surface area (Å²) in [5.41, 5.74) is 0. The molecule has 0 saturated heterocycles. The topological polar surface area (TPSA) is 85.8 Å². The van der Waals surface area contributed by atoms with Crippen molar-refractivity contribution < 1.29 is 8.42 Å². The molecule has 0 aliphatic rings. The Bertz CT molecular complexity index is 427. The molecule has 0 aliphatic carbocycles. The number of guanidine groups is 1. The van der Waals surface area contributed by atoms with Crippen molar-refractivity contribution in [2.75, 3.05) is 39.0 Å². The summed E-state index contributed by atoms with van der Waals surface area (Å²) in [6, 6.07) is 1.02. The van der Waals surface area contributed by atoms with Crippen LogP contribution in [0.25, 0.3) is 0 Å². The van der Waals surface area contributed by atoms with Crippen LogP contribution in [0.1, 0.15) is 41.0 Å². The molecule has 0 aromatic heterocycles. The summed E-state index contributed by atoms with van der Waals surface area (Å²) in [5, 5.41) is 6.48. The Morgan fingerprint density at radius 2 is 1.61 bits per heavy atom. The zero-order valence-corrected chi connectivity index (χ0v) is 16.3. The Hall–Kier alpha value is -0.860. The van der Waals surface area contributed by atoms with E-state index in [0.29, 0.717) is 31.6 Å². The highest BCUT2D eigenvalue weighted by Crippen LogP contribution is 2.03. The highest BCUT2D eigenvalue weighted by atomic mass is 32.2. The van der Waals surface area contributed by atoms with E-state index in [1.807, 2.05) is 0 Å². The first-order valence-electron chi connectivity index (χ1n) is 8.41. The number of rotatable bonds is 11. The number of nitrogens with zero attached hydrogens (tertiary/aromatic N) is 2. The predicted octanol–water partition coefficient (Wildman–Crippen LogP) is 0.600. The molecule has 0 atom stereocenters. The molecule has 0 spiro atoms. The molecule has 0 bridgehead atoms. The van der Waals surface area contributed by atoms with Crippen molar-refractivity contribution >= 4 is 16.0 Å². The van der Waals surface area contributed by atoms with Crippen LogP contribution >= 0.6 is 0 Å². The maximum Gasteiger partial charge on any atom is 0.211 e. The average Bonchev–Trinajstić information content (AvgIpc) is 2.48.